The van der Waals surface area contributed by atoms with Crippen LogP contribution in [0.4, 0.5) is 5.69 Å². The number of nitro groups is 1. The van der Waals surface area contributed by atoms with Crippen molar-refractivity contribution in [2.75, 3.05) is 13.2 Å². The minimum atomic E-state index is -1.18. The van der Waals surface area contributed by atoms with Crippen molar-refractivity contribution >= 4 is 29.1 Å². The fraction of sp³-hybridized carbons (Fsp3) is 0.444. The summed E-state index contributed by atoms with van der Waals surface area (Å²) in [6.07, 6.45) is 0. The molecule has 1 aromatic carbocycles. The summed E-state index contributed by atoms with van der Waals surface area (Å²) in [6, 6.07) is 4.24. The number of esters is 1. The summed E-state index contributed by atoms with van der Waals surface area (Å²) in [5.41, 5.74) is -0.768. The van der Waals surface area contributed by atoms with E-state index in [1.54, 1.807) is 13.8 Å². The number of non-ortho nitro benzene ring substituents is 1. The van der Waals surface area contributed by atoms with Gasteiger partial charge in [-0.3, -0.25) is 19.7 Å². The number of carbonyl (C=O) groups excluding carboxylic acids is 3. The zero-order valence-corrected chi connectivity index (χ0v) is 15.6. The number of carbonyl (C=O) groups is 3. The number of Topliss-reactive ketones (excluding diaryl/α,β-unsaturated/α-hetero) is 1. The topological polar surface area (TPSA) is 132 Å². The van der Waals surface area contributed by atoms with Crippen molar-refractivity contribution in [1.29, 1.82) is 0 Å². The lowest BCUT2D eigenvalue weighted by Crippen LogP contribution is -2.44. The molecule has 0 bridgehead atoms. The van der Waals surface area contributed by atoms with Crippen LogP contribution in [0, 0.1) is 10.1 Å². The molecule has 0 saturated carbocycles. The molecule has 2 aliphatic rings. The number of amides is 1. The van der Waals surface area contributed by atoms with Gasteiger partial charge in [0, 0.05) is 19.1 Å². The molecule has 10 heteroatoms. The van der Waals surface area contributed by atoms with E-state index in [9.17, 15) is 24.5 Å². The van der Waals surface area contributed by atoms with Crippen LogP contribution in [0.5, 0.6) is 0 Å². The molecule has 148 valence electrons. The Bertz CT molecular complexity index is 874. The second-order valence-electron chi connectivity index (χ2n) is 6.72. The van der Waals surface area contributed by atoms with Gasteiger partial charge in [0.2, 0.25) is 11.7 Å². The van der Waals surface area contributed by atoms with Gasteiger partial charge in [-0.25, -0.2) is 9.80 Å². The van der Waals surface area contributed by atoms with E-state index in [0.717, 1.165) is 5.01 Å². The zero-order chi connectivity index (χ0) is 20.6. The Morgan fingerprint density at radius 3 is 2.43 bits per heavy atom. The number of epoxide rings is 1. The first-order valence-electron chi connectivity index (χ1n) is 8.67. The average Bonchev–Trinajstić information content (AvgIpc) is 3.28. The molecule has 3 atom stereocenters. The third kappa shape index (κ3) is 3.38. The number of rotatable bonds is 6. The molecule has 0 aliphatic carbocycles. The standard InChI is InChI=1S/C18H19N3O7/c1-4-27-17(24)15-13(11-5-7-12(8-6-11)21(25)26)14(19-20(15)10(2)22)16(23)18(3)9-28-18/h5-8,13,15H,4,9H2,1-3H3/t13-,15+,18+/m1/s1. The zero-order valence-electron chi connectivity index (χ0n) is 15.6. The number of nitro benzene ring substituents is 1. The highest BCUT2D eigenvalue weighted by Gasteiger charge is 2.56. The highest BCUT2D eigenvalue weighted by Crippen LogP contribution is 2.38. The first kappa shape index (κ1) is 19.6. The van der Waals surface area contributed by atoms with E-state index in [2.05, 4.69) is 5.10 Å². The number of hydrogen-bond donors (Lipinski definition) is 0. The Morgan fingerprint density at radius 2 is 1.96 bits per heavy atom. The predicted octanol–water partition coefficient (Wildman–Crippen LogP) is 1.19. The molecule has 1 saturated heterocycles. The SMILES string of the molecule is CCOC(=O)[C@@H]1[C@H](c2ccc([N+](=O)[O-])cc2)C(C(=O)[C@]2(C)CO2)=NN1C(C)=O. The lowest BCUT2D eigenvalue weighted by Gasteiger charge is -2.24. The maximum Gasteiger partial charge on any atom is 0.332 e. The molecule has 0 unspecified atom stereocenters. The van der Waals surface area contributed by atoms with Crippen LogP contribution < -0.4 is 0 Å². The normalized spacial score (nSPS) is 25.8. The number of hydrogen-bond acceptors (Lipinski definition) is 8. The van der Waals surface area contributed by atoms with Crippen LogP contribution in [0.3, 0.4) is 0 Å². The Kier molecular flexibility index (Phi) is 4.99. The Labute approximate surface area is 160 Å². The lowest BCUT2D eigenvalue weighted by atomic mass is 9.83. The Balaban J connectivity index is 2.08. The highest BCUT2D eigenvalue weighted by atomic mass is 16.6. The number of ether oxygens (including phenoxy) is 2. The van der Waals surface area contributed by atoms with Crippen molar-refractivity contribution in [1.82, 2.24) is 5.01 Å². The first-order valence-corrected chi connectivity index (χ1v) is 8.67. The van der Waals surface area contributed by atoms with Gasteiger partial charge in [-0.2, -0.15) is 5.10 Å². The molecule has 10 nitrogen and oxygen atoms in total. The molecule has 2 heterocycles. The van der Waals surface area contributed by atoms with E-state index >= 15 is 0 Å². The summed E-state index contributed by atoms with van der Waals surface area (Å²) in [7, 11) is 0. The van der Waals surface area contributed by atoms with Gasteiger partial charge in [0.1, 0.15) is 5.71 Å². The van der Waals surface area contributed by atoms with E-state index in [-0.39, 0.29) is 24.6 Å². The van der Waals surface area contributed by atoms with Gasteiger partial charge in [-0.1, -0.05) is 12.1 Å². The molecule has 28 heavy (non-hydrogen) atoms. The second kappa shape index (κ2) is 7.12. The minimum Gasteiger partial charge on any atom is -0.464 e. The first-order chi connectivity index (χ1) is 13.2. The van der Waals surface area contributed by atoms with Gasteiger partial charge < -0.3 is 9.47 Å². The monoisotopic (exact) mass is 389 g/mol. The van der Waals surface area contributed by atoms with Crippen LogP contribution in [0.2, 0.25) is 0 Å². The van der Waals surface area contributed by atoms with Crippen molar-refractivity contribution in [3.8, 4) is 0 Å². The number of hydrazone groups is 1. The van der Waals surface area contributed by atoms with Crippen LogP contribution in [0.1, 0.15) is 32.3 Å². The van der Waals surface area contributed by atoms with Gasteiger partial charge in [-0.15, -0.1) is 0 Å². The quantitative estimate of drug-likeness (QED) is 0.309. The van der Waals surface area contributed by atoms with Crippen molar-refractivity contribution in [3.63, 3.8) is 0 Å². The molecule has 1 fully saturated rings. The van der Waals surface area contributed by atoms with Crippen molar-refractivity contribution in [3.05, 3.63) is 39.9 Å². The fourth-order valence-electron chi connectivity index (χ4n) is 3.10. The van der Waals surface area contributed by atoms with Gasteiger partial charge >= 0.3 is 5.97 Å². The molecule has 3 rings (SSSR count). The molecular weight excluding hydrogens is 370 g/mol. The van der Waals surface area contributed by atoms with Crippen LogP contribution in [0.15, 0.2) is 29.4 Å². The smallest absolute Gasteiger partial charge is 0.332 e. The molecule has 0 radical (unpaired) electrons. The molecule has 0 N–H and O–H groups in total. The number of nitrogens with zero attached hydrogens (tertiary/aromatic N) is 3. The number of benzene rings is 1. The van der Waals surface area contributed by atoms with Crippen molar-refractivity contribution in [2.45, 2.75) is 38.3 Å². The third-order valence-corrected chi connectivity index (χ3v) is 4.69. The maximum atomic E-state index is 12.9. The summed E-state index contributed by atoms with van der Waals surface area (Å²) in [6.45, 7) is 4.74. The van der Waals surface area contributed by atoms with Gasteiger partial charge in [-0.05, 0) is 19.4 Å². The summed E-state index contributed by atoms with van der Waals surface area (Å²) in [4.78, 5) is 48.0. The average molecular weight is 389 g/mol. The minimum absolute atomic E-state index is 0.0119. The van der Waals surface area contributed by atoms with E-state index in [4.69, 9.17) is 9.47 Å². The van der Waals surface area contributed by atoms with Crippen molar-refractivity contribution < 1.29 is 28.8 Å². The van der Waals surface area contributed by atoms with E-state index in [1.807, 2.05) is 0 Å². The largest absolute Gasteiger partial charge is 0.464 e. The Hall–Kier alpha value is -3.14. The van der Waals surface area contributed by atoms with Crippen LogP contribution >= 0.6 is 0 Å². The predicted molar refractivity (Wildman–Crippen MR) is 95.6 cm³/mol. The molecule has 1 aromatic rings. The molecule has 2 aliphatic heterocycles. The summed E-state index contributed by atoms with van der Waals surface area (Å²) in [5, 5.41) is 16.0. The van der Waals surface area contributed by atoms with Gasteiger partial charge in [0.25, 0.3) is 5.69 Å². The van der Waals surface area contributed by atoms with Gasteiger partial charge in [0.05, 0.1) is 24.1 Å². The third-order valence-electron chi connectivity index (χ3n) is 4.69. The van der Waals surface area contributed by atoms with Crippen LogP contribution in [-0.2, 0) is 23.9 Å². The fourth-order valence-corrected chi connectivity index (χ4v) is 3.10. The molecular formula is C18H19N3O7. The summed E-state index contributed by atoms with van der Waals surface area (Å²) in [5.74, 6) is -2.60. The van der Waals surface area contributed by atoms with Crippen LogP contribution in [0.25, 0.3) is 0 Å². The van der Waals surface area contributed by atoms with Crippen molar-refractivity contribution in [2.24, 2.45) is 5.10 Å². The summed E-state index contributed by atoms with van der Waals surface area (Å²) < 4.78 is 10.3. The second-order valence-corrected chi connectivity index (χ2v) is 6.72. The van der Waals surface area contributed by atoms with E-state index < -0.39 is 40.1 Å². The van der Waals surface area contributed by atoms with Crippen LogP contribution in [-0.4, -0.2) is 58.2 Å². The number of ketones is 1. The molecule has 1 amide bonds. The van der Waals surface area contributed by atoms with E-state index in [0.29, 0.717) is 5.56 Å². The van der Waals surface area contributed by atoms with Gasteiger partial charge in [0.15, 0.2) is 11.6 Å². The Morgan fingerprint density at radius 1 is 1.36 bits per heavy atom. The molecule has 0 spiro atoms. The molecule has 0 aromatic heterocycles. The lowest BCUT2D eigenvalue weighted by molar-refractivity contribution is -0.384. The summed E-state index contributed by atoms with van der Waals surface area (Å²) >= 11 is 0. The maximum absolute atomic E-state index is 12.9. The highest BCUT2D eigenvalue weighted by molar-refractivity contribution is 6.46. The van der Waals surface area contributed by atoms with E-state index in [1.165, 1.54) is 31.2 Å².